The number of rotatable bonds is 91. The van der Waals surface area contributed by atoms with Crippen molar-refractivity contribution in [2.45, 2.75) is 516 Å². The molecule has 111 heavy (non-hydrogen) atoms. The van der Waals surface area contributed by atoms with Crippen molar-refractivity contribution in [2.24, 2.45) is 11.8 Å². The van der Waals surface area contributed by atoms with Gasteiger partial charge in [-0.1, -0.05) is 446 Å². The van der Waals surface area contributed by atoms with E-state index in [1.807, 2.05) is 0 Å². The molecule has 0 amide bonds. The van der Waals surface area contributed by atoms with Gasteiger partial charge in [-0.05, 0) is 37.5 Å². The van der Waals surface area contributed by atoms with Crippen molar-refractivity contribution in [1.29, 1.82) is 0 Å². The van der Waals surface area contributed by atoms with Crippen LogP contribution in [0.15, 0.2) is 0 Å². The van der Waals surface area contributed by atoms with Crippen LogP contribution in [0.5, 0.6) is 0 Å². The van der Waals surface area contributed by atoms with E-state index in [0.29, 0.717) is 25.7 Å². The Kier molecular flexibility index (Phi) is 81.7. The quantitative estimate of drug-likeness (QED) is 0.0222. The van der Waals surface area contributed by atoms with Gasteiger partial charge < -0.3 is 33.8 Å². The Bertz CT molecular complexity index is 2120. The molecule has 0 aromatic carbocycles. The van der Waals surface area contributed by atoms with E-state index in [1.54, 1.807) is 0 Å². The van der Waals surface area contributed by atoms with E-state index in [9.17, 15) is 43.2 Å². The molecule has 0 spiro atoms. The number of hydrogen-bond acceptors (Lipinski definition) is 15. The second-order valence-electron chi connectivity index (χ2n) is 34.0. The molecule has 0 rings (SSSR count). The number of unbranched alkanes of at least 4 members (excludes halogenated alkanes) is 61. The molecule has 0 heterocycles. The van der Waals surface area contributed by atoms with Gasteiger partial charge in [-0.25, -0.2) is 9.13 Å². The number of esters is 4. The van der Waals surface area contributed by atoms with Gasteiger partial charge in [0.2, 0.25) is 0 Å². The largest absolute Gasteiger partial charge is 0.472 e. The van der Waals surface area contributed by atoms with E-state index in [4.69, 9.17) is 37.0 Å². The third-order valence-corrected chi connectivity index (χ3v) is 23.6. The van der Waals surface area contributed by atoms with Crippen LogP contribution in [0, 0.1) is 11.8 Å². The summed E-state index contributed by atoms with van der Waals surface area (Å²) >= 11 is 0. The van der Waals surface area contributed by atoms with Crippen molar-refractivity contribution in [2.75, 3.05) is 39.6 Å². The SMILES string of the molecule is CCCCCCCCCCCCCCCCCCCCCCCC(=O)OC[C@H](COP(=O)(O)OC[C@@H](O)COP(=O)(O)OC[C@@H](COC(=O)CCCCCCCCCCCCC)OC(=O)CCCCCCCCCCCCCCCCCC(C)C)OC(=O)CCCCCCCCCCCCCCCCCCCCC(C)C. The molecule has 0 aliphatic carbocycles. The van der Waals surface area contributed by atoms with Gasteiger partial charge in [-0.3, -0.25) is 37.3 Å². The maximum absolute atomic E-state index is 13.2. The Morgan fingerprint density at radius 1 is 0.243 bits per heavy atom. The summed E-state index contributed by atoms with van der Waals surface area (Å²) in [5.74, 6) is -0.471. The summed E-state index contributed by atoms with van der Waals surface area (Å²) in [5, 5.41) is 10.7. The lowest BCUT2D eigenvalue weighted by Crippen LogP contribution is -2.30. The van der Waals surface area contributed by atoms with Crippen molar-refractivity contribution in [3.05, 3.63) is 0 Å². The van der Waals surface area contributed by atoms with Crippen LogP contribution in [-0.4, -0.2) is 96.7 Å². The molecule has 0 saturated heterocycles. The molecule has 0 fully saturated rings. The van der Waals surface area contributed by atoms with Crippen LogP contribution in [0.2, 0.25) is 0 Å². The normalized spacial score (nSPS) is 13.7. The van der Waals surface area contributed by atoms with Gasteiger partial charge in [0.25, 0.3) is 0 Å². The zero-order chi connectivity index (χ0) is 81.3. The molecule has 660 valence electrons. The van der Waals surface area contributed by atoms with E-state index in [-0.39, 0.29) is 25.7 Å². The first kappa shape index (κ1) is 109. The zero-order valence-corrected chi connectivity index (χ0v) is 75.1. The fourth-order valence-corrected chi connectivity index (χ4v) is 16.1. The number of ether oxygens (including phenoxy) is 4. The number of phosphoric ester groups is 2. The Hall–Kier alpha value is -1.94. The first-order valence-electron chi connectivity index (χ1n) is 47.5. The number of aliphatic hydroxyl groups excluding tert-OH is 1. The monoisotopic (exact) mass is 1620 g/mol. The molecule has 3 N–H and O–H groups in total. The summed E-state index contributed by atoms with van der Waals surface area (Å²) < 4.78 is 69.1. The molecule has 2 unspecified atom stereocenters. The first-order valence-corrected chi connectivity index (χ1v) is 50.5. The summed E-state index contributed by atoms with van der Waals surface area (Å²) in [6, 6.07) is 0. The van der Waals surface area contributed by atoms with Crippen molar-refractivity contribution in [3.8, 4) is 0 Å². The zero-order valence-electron chi connectivity index (χ0n) is 73.3. The molecule has 5 atom stereocenters. The number of carbonyl (C=O) groups excluding carboxylic acids is 4. The molecular formula is C92H180O17P2. The Morgan fingerprint density at radius 2 is 0.414 bits per heavy atom. The molecule has 0 saturated carbocycles. The summed E-state index contributed by atoms with van der Waals surface area (Å²) in [5.41, 5.74) is 0. The molecule has 19 heteroatoms. The Balaban J connectivity index is 5.23. The summed E-state index contributed by atoms with van der Waals surface area (Å²) in [7, 11) is -9.94. The topological polar surface area (TPSA) is 237 Å². The van der Waals surface area contributed by atoms with Crippen LogP contribution in [0.4, 0.5) is 0 Å². The highest BCUT2D eigenvalue weighted by molar-refractivity contribution is 7.47. The van der Waals surface area contributed by atoms with Gasteiger partial charge in [0.1, 0.15) is 19.3 Å². The fourth-order valence-electron chi connectivity index (χ4n) is 14.5. The number of aliphatic hydroxyl groups is 1. The molecule has 0 bridgehead atoms. The molecule has 17 nitrogen and oxygen atoms in total. The average Bonchev–Trinajstić information content (AvgIpc) is 0.902. The van der Waals surface area contributed by atoms with Crippen LogP contribution in [0.25, 0.3) is 0 Å². The molecule has 0 aromatic heterocycles. The van der Waals surface area contributed by atoms with Crippen molar-refractivity contribution in [1.82, 2.24) is 0 Å². The summed E-state index contributed by atoms with van der Waals surface area (Å²) in [4.78, 5) is 73.4. The van der Waals surface area contributed by atoms with Gasteiger partial charge in [0.05, 0.1) is 26.4 Å². The molecule has 0 aliphatic rings. The van der Waals surface area contributed by atoms with Gasteiger partial charge in [0, 0.05) is 25.7 Å². The lowest BCUT2D eigenvalue weighted by atomic mass is 10.0. The van der Waals surface area contributed by atoms with E-state index >= 15 is 0 Å². The lowest BCUT2D eigenvalue weighted by molar-refractivity contribution is -0.161. The molecule has 0 aromatic rings. The van der Waals surface area contributed by atoms with Crippen LogP contribution < -0.4 is 0 Å². The van der Waals surface area contributed by atoms with Crippen molar-refractivity contribution < 1.29 is 80.2 Å². The van der Waals surface area contributed by atoms with Gasteiger partial charge >= 0.3 is 39.5 Å². The second-order valence-corrected chi connectivity index (χ2v) is 36.9. The van der Waals surface area contributed by atoms with E-state index in [0.717, 1.165) is 102 Å². The van der Waals surface area contributed by atoms with E-state index in [2.05, 4.69) is 41.5 Å². The van der Waals surface area contributed by atoms with E-state index in [1.165, 1.54) is 315 Å². The molecular weight excluding hydrogens is 1440 g/mol. The summed E-state index contributed by atoms with van der Waals surface area (Å²) in [6.07, 6.45) is 77.9. The number of phosphoric acid groups is 2. The number of hydrogen-bond donors (Lipinski definition) is 3. The minimum absolute atomic E-state index is 0.108. The van der Waals surface area contributed by atoms with Crippen LogP contribution >= 0.6 is 15.6 Å². The van der Waals surface area contributed by atoms with Gasteiger partial charge in [-0.15, -0.1) is 0 Å². The highest BCUT2D eigenvalue weighted by Crippen LogP contribution is 2.45. The highest BCUT2D eigenvalue weighted by Gasteiger charge is 2.31. The van der Waals surface area contributed by atoms with E-state index < -0.39 is 97.5 Å². The fraction of sp³-hybridized carbons (Fsp3) is 0.957. The molecule has 0 radical (unpaired) electrons. The minimum Gasteiger partial charge on any atom is -0.462 e. The Labute approximate surface area is 683 Å². The third-order valence-electron chi connectivity index (χ3n) is 21.7. The highest BCUT2D eigenvalue weighted by atomic mass is 31.2. The van der Waals surface area contributed by atoms with Crippen molar-refractivity contribution >= 4 is 39.5 Å². The third kappa shape index (κ3) is 85.8. The minimum atomic E-state index is -4.97. The molecule has 0 aliphatic heterocycles. The Morgan fingerprint density at radius 3 is 0.613 bits per heavy atom. The average molecular weight is 1620 g/mol. The van der Waals surface area contributed by atoms with Gasteiger partial charge in [-0.2, -0.15) is 0 Å². The van der Waals surface area contributed by atoms with Crippen LogP contribution in [-0.2, 0) is 65.4 Å². The maximum Gasteiger partial charge on any atom is 0.472 e. The predicted octanol–water partition coefficient (Wildman–Crippen LogP) is 28.6. The maximum atomic E-state index is 13.2. The predicted molar refractivity (Wildman–Crippen MR) is 460 cm³/mol. The van der Waals surface area contributed by atoms with Crippen LogP contribution in [0.1, 0.15) is 497 Å². The summed E-state index contributed by atoms with van der Waals surface area (Å²) in [6.45, 7) is 9.77. The second kappa shape index (κ2) is 83.1. The first-order chi connectivity index (χ1) is 53.9. The van der Waals surface area contributed by atoms with Crippen molar-refractivity contribution in [3.63, 3.8) is 0 Å². The smallest absolute Gasteiger partial charge is 0.462 e. The van der Waals surface area contributed by atoms with Crippen LogP contribution in [0.3, 0.4) is 0 Å². The lowest BCUT2D eigenvalue weighted by Gasteiger charge is -2.21. The number of carbonyl (C=O) groups is 4. The standard InChI is InChI=1S/C92H180O17P2/c1-7-9-11-13-15-17-19-20-21-22-23-24-25-29-34-39-45-51-57-63-69-75-90(95)103-81-88(109-91(96)76-70-64-58-52-46-40-35-30-27-26-28-32-37-43-48-54-60-66-72-84(3)4)83-107-111(100,101)105-79-86(93)78-104-110(98,99)106-82-87(80-102-89(94)74-68-62-56-50-42-18-16-14-12-10-8-2)108-92(97)77-71-65-59-53-47-41-36-31-33-38-44-49-55-61-67-73-85(5)6/h84-88,93H,7-83H2,1-6H3,(H,98,99)(H,100,101)/t86-,87+,88+/m0/s1. The van der Waals surface area contributed by atoms with Gasteiger partial charge in [0.15, 0.2) is 12.2 Å².